The monoisotopic (exact) mass is 427 g/mol. The number of hydrogen-bond acceptors (Lipinski definition) is 5. The molecule has 0 saturated heterocycles. The topological polar surface area (TPSA) is 97.2 Å². The van der Waals surface area contributed by atoms with Crippen molar-refractivity contribution in [1.82, 2.24) is 19.7 Å². The van der Waals surface area contributed by atoms with Crippen molar-refractivity contribution in [2.45, 2.75) is 19.8 Å². The number of anilines is 1. The van der Waals surface area contributed by atoms with E-state index in [1.54, 1.807) is 23.0 Å². The summed E-state index contributed by atoms with van der Waals surface area (Å²) in [7, 11) is 1.82. The molecule has 0 spiro atoms. The first-order chi connectivity index (χ1) is 15.4. The summed E-state index contributed by atoms with van der Waals surface area (Å²) in [4.78, 5) is 43.9. The molecule has 4 aromatic rings. The second-order valence-corrected chi connectivity index (χ2v) is 7.93. The lowest BCUT2D eigenvalue weighted by atomic mass is 9.94. The molecule has 160 valence electrons. The van der Waals surface area contributed by atoms with Crippen LogP contribution < -0.4 is 5.32 Å². The molecule has 8 nitrogen and oxygen atoms in total. The van der Waals surface area contributed by atoms with Gasteiger partial charge in [0.15, 0.2) is 5.65 Å². The highest BCUT2D eigenvalue weighted by atomic mass is 16.2. The van der Waals surface area contributed by atoms with Gasteiger partial charge in [0.2, 0.25) is 5.91 Å². The number of rotatable bonds is 5. The van der Waals surface area contributed by atoms with Gasteiger partial charge in [-0.15, -0.1) is 0 Å². The number of aromatic nitrogens is 3. The minimum absolute atomic E-state index is 0.174. The molecule has 0 fully saturated rings. The first kappa shape index (κ1) is 19.9. The third-order valence-electron chi connectivity index (χ3n) is 5.79. The van der Waals surface area contributed by atoms with Crippen LogP contribution in [0.2, 0.25) is 0 Å². The minimum atomic E-state index is -0.318. The van der Waals surface area contributed by atoms with Crippen LogP contribution in [0.25, 0.3) is 21.8 Å². The lowest BCUT2D eigenvalue weighted by Crippen LogP contribution is -2.41. The van der Waals surface area contributed by atoms with Crippen molar-refractivity contribution in [3.63, 3.8) is 0 Å². The molecule has 2 aromatic heterocycles. The molecular weight excluding hydrogens is 406 g/mol. The normalized spacial score (nSPS) is 13.2. The molecule has 0 bridgehead atoms. The smallest absolute Gasteiger partial charge is 0.261 e. The molecule has 3 heterocycles. The lowest BCUT2D eigenvalue weighted by Gasteiger charge is -2.27. The average Bonchev–Trinajstić information content (AvgIpc) is 3.07. The van der Waals surface area contributed by atoms with Crippen molar-refractivity contribution < 1.29 is 14.4 Å². The van der Waals surface area contributed by atoms with Gasteiger partial charge in [-0.25, -0.2) is 4.98 Å². The van der Waals surface area contributed by atoms with Gasteiger partial charge in [0.1, 0.15) is 0 Å². The first-order valence-electron chi connectivity index (χ1n) is 10.4. The molecule has 1 N–H and O–H groups in total. The number of carbonyl (C=O) groups excluding carboxylic acids is 3. The maximum Gasteiger partial charge on any atom is 0.261 e. The fraction of sp³-hybridized carbons (Fsp3) is 0.208. The van der Waals surface area contributed by atoms with Gasteiger partial charge in [0.25, 0.3) is 11.8 Å². The summed E-state index contributed by atoms with van der Waals surface area (Å²) in [5, 5.41) is 9.61. The first-order valence-corrected chi connectivity index (χ1v) is 10.4. The Morgan fingerprint density at radius 1 is 1.06 bits per heavy atom. The third-order valence-corrected chi connectivity index (χ3v) is 5.79. The van der Waals surface area contributed by atoms with Gasteiger partial charge >= 0.3 is 0 Å². The standard InChI is InChI=1S/C24H21N5O3/c1-14-19-12-16(13-25-22(19)28(2)27-14)26-20(30)10-5-11-29-23(31)17-8-3-6-15-7-4-9-18(21(15)17)24(29)32/h3-4,6-9,12-13H,5,10-11H2,1-2H3,(H,26,30). The van der Waals surface area contributed by atoms with Crippen LogP contribution in [0.15, 0.2) is 48.7 Å². The van der Waals surface area contributed by atoms with E-state index in [0.29, 0.717) is 28.6 Å². The Morgan fingerprint density at radius 3 is 2.44 bits per heavy atom. The summed E-state index contributed by atoms with van der Waals surface area (Å²) in [5.74, 6) is -0.838. The quantitative estimate of drug-likeness (QED) is 0.492. The Labute approximate surface area is 183 Å². The molecule has 8 heteroatoms. The van der Waals surface area contributed by atoms with Crippen LogP contribution >= 0.6 is 0 Å². The molecule has 0 saturated carbocycles. The molecule has 1 aliphatic heterocycles. The summed E-state index contributed by atoms with van der Waals surface area (Å²) in [6.07, 6.45) is 2.13. The van der Waals surface area contributed by atoms with E-state index in [0.717, 1.165) is 22.1 Å². The highest BCUT2D eigenvalue weighted by Gasteiger charge is 2.32. The summed E-state index contributed by atoms with van der Waals surface area (Å²) >= 11 is 0. The zero-order valence-electron chi connectivity index (χ0n) is 17.8. The molecular formula is C24H21N5O3. The van der Waals surface area contributed by atoms with E-state index in [1.807, 2.05) is 44.3 Å². The SMILES string of the molecule is Cc1nn(C)c2ncc(NC(=O)CCCN3C(=O)c4cccc5cccc(c45)C3=O)cc12. The van der Waals surface area contributed by atoms with Crippen LogP contribution in [0.4, 0.5) is 5.69 Å². The Morgan fingerprint density at radius 2 is 1.75 bits per heavy atom. The van der Waals surface area contributed by atoms with E-state index in [-0.39, 0.29) is 30.7 Å². The second-order valence-electron chi connectivity index (χ2n) is 7.93. The predicted molar refractivity (Wildman–Crippen MR) is 120 cm³/mol. The van der Waals surface area contributed by atoms with Crippen LogP contribution in [0, 0.1) is 6.92 Å². The summed E-state index contributed by atoms with van der Waals surface area (Å²) in [6, 6.07) is 12.7. The van der Waals surface area contributed by atoms with Crippen LogP contribution in [-0.2, 0) is 11.8 Å². The Bertz CT molecular complexity index is 1370. The molecule has 1 aliphatic rings. The highest BCUT2D eigenvalue weighted by molar-refractivity contribution is 6.25. The maximum absolute atomic E-state index is 12.9. The Hall–Kier alpha value is -4.07. The van der Waals surface area contributed by atoms with Crippen LogP contribution in [0.3, 0.4) is 0 Å². The van der Waals surface area contributed by atoms with E-state index in [2.05, 4.69) is 15.4 Å². The van der Waals surface area contributed by atoms with E-state index in [9.17, 15) is 14.4 Å². The maximum atomic E-state index is 12.9. The fourth-order valence-corrected chi connectivity index (χ4v) is 4.28. The number of amides is 3. The molecule has 0 atom stereocenters. The molecule has 32 heavy (non-hydrogen) atoms. The van der Waals surface area contributed by atoms with E-state index < -0.39 is 0 Å². The van der Waals surface area contributed by atoms with Crippen LogP contribution in [0.5, 0.6) is 0 Å². The van der Waals surface area contributed by atoms with Gasteiger partial charge in [0.05, 0.1) is 17.6 Å². The van der Waals surface area contributed by atoms with Crippen molar-refractivity contribution in [2.75, 3.05) is 11.9 Å². The van der Waals surface area contributed by atoms with E-state index in [4.69, 9.17) is 0 Å². The molecule has 0 radical (unpaired) electrons. The van der Waals surface area contributed by atoms with Gasteiger partial charge in [0, 0.05) is 41.9 Å². The predicted octanol–water partition coefficient (Wildman–Crippen LogP) is 3.44. The van der Waals surface area contributed by atoms with E-state index >= 15 is 0 Å². The number of fused-ring (bicyclic) bond motifs is 1. The van der Waals surface area contributed by atoms with Crippen molar-refractivity contribution in [3.05, 3.63) is 65.5 Å². The minimum Gasteiger partial charge on any atom is -0.325 e. The van der Waals surface area contributed by atoms with Crippen molar-refractivity contribution >= 4 is 45.2 Å². The van der Waals surface area contributed by atoms with E-state index in [1.165, 1.54) is 4.90 Å². The number of pyridine rings is 1. The van der Waals surface area contributed by atoms with Gasteiger partial charge in [-0.3, -0.25) is 24.0 Å². The number of aryl methyl sites for hydroxylation is 2. The molecule has 5 rings (SSSR count). The Balaban J connectivity index is 1.25. The lowest BCUT2D eigenvalue weighted by molar-refractivity contribution is -0.116. The third kappa shape index (κ3) is 3.20. The zero-order chi connectivity index (χ0) is 22.4. The molecule has 3 amide bonds. The number of nitrogens with zero attached hydrogens (tertiary/aromatic N) is 4. The number of nitrogens with one attached hydrogen (secondary N) is 1. The van der Waals surface area contributed by atoms with Crippen molar-refractivity contribution in [2.24, 2.45) is 7.05 Å². The molecule has 0 unspecified atom stereocenters. The summed E-state index contributed by atoms with van der Waals surface area (Å²) in [5.41, 5.74) is 3.22. The average molecular weight is 427 g/mol. The highest BCUT2D eigenvalue weighted by Crippen LogP contribution is 2.30. The number of imide groups is 1. The molecule has 0 aliphatic carbocycles. The van der Waals surface area contributed by atoms with Crippen LogP contribution in [-0.4, -0.2) is 43.9 Å². The largest absolute Gasteiger partial charge is 0.325 e. The Kier molecular flexibility index (Phi) is 4.70. The van der Waals surface area contributed by atoms with Gasteiger partial charge in [-0.1, -0.05) is 24.3 Å². The van der Waals surface area contributed by atoms with Gasteiger partial charge in [-0.2, -0.15) is 5.10 Å². The van der Waals surface area contributed by atoms with Gasteiger partial charge in [-0.05, 0) is 36.9 Å². The van der Waals surface area contributed by atoms with Crippen molar-refractivity contribution in [1.29, 1.82) is 0 Å². The fourth-order valence-electron chi connectivity index (χ4n) is 4.28. The summed E-state index contributed by atoms with van der Waals surface area (Å²) < 4.78 is 1.70. The second kappa shape index (κ2) is 7.56. The molecule has 2 aromatic carbocycles. The zero-order valence-corrected chi connectivity index (χ0v) is 17.8. The number of benzene rings is 2. The van der Waals surface area contributed by atoms with Crippen molar-refractivity contribution in [3.8, 4) is 0 Å². The van der Waals surface area contributed by atoms with Crippen LogP contribution in [0.1, 0.15) is 39.3 Å². The summed E-state index contributed by atoms with van der Waals surface area (Å²) in [6.45, 7) is 2.07. The number of hydrogen-bond donors (Lipinski definition) is 1. The van der Waals surface area contributed by atoms with Gasteiger partial charge < -0.3 is 5.32 Å². The number of carbonyl (C=O) groups is 3.